The van der Waals surface area contributed by atoms with Crippen molar-refractivity contribution in [2.24, 2.45) is 0 Å². The van der Waals surface area contributed by atoms with E-state index in [1.807, 2.05) is 10.8 Å². The Morgan fingerprint density at radius 2 is 2.30 bits per heavy atom. The van der Waals surface area contributed by atoms with E-state index in [4.69, 9.17) is 5.11 Å². The molecule has 0 saturated heterocycles. The highest BCUT2D eigenvalue weighted by atomic mass is 16.2. The maximum Gasteiger partial charge on any atom is 0.252 e. The molecule has 1 amide bonds. The molecule has 0 aliphatic heterocycles. The molecule has 2 heterocycles. The molecule has 0 aliphatic carbocycles. The topological polar surface area (TPSA) is 80.0 Å². The van der Waals surface area contributed by atoms with E-state index in [9.17, 15) is 4.79 Å². The first-order valence-electron chi connectivity index (χ1n) is 6.09. The number of imidazole rings is 1. The standard InChI is InChI=1S/C14H14N4O2/c19-9-1-2-12-10-15-4-3-13(12)14(20)17-6-8-18-7-5-16-11-18/h3-5,7,10-11,19H,6,8-9H2,(H,17,20). The molecule has 0 atom stereocenters. The van der Waals surface area contributed by atoms with Crippen LogP contribution in [0.1, 0.15) is 15.9 Å². The molecule has 6 nitrogen and oxygen atoms in total. The lowest BCUT2D eigenvalue weighted by Gasteiger charge is -2.07. The van der Waals surface area contributed by atoms with Gasteiger partial charge in [0.2, 0.25) is 0 Å². The summed E-state index contributed by atoms with van der Waals surface area (Å²) in [6.45, 7) is 0.884. The number of amides is 1. The number of nitrogens with one attached hydrogen (secondary N) is 1. The molecule has 2 aromatic rings. The predicted molar refractivity (Wildman–Crippen MR) is 72.8 cm³/mol. The van der Waals surface area contributed by atoms with Crippen LogP contribution in [0.4, 0.5) is 0 Å². The summed E-state index contributed by atoms with van der Waals surface area (Å²) in [6.07, 6.45) is 8.25. The summed E-state index contributed by atoms with van der Waals surface area (Å²) < 4.78 is 1.87. The van der Waals surface area contributed by atoms with Gasteiger partial charge in [-0.05, 0) is 6.07 Å². The normalized spacial score (nSPS) is 9.65. The van der Waals surface area contributed by atoms with E-state index >= 15 is 0 Å². The highest BCUT2D eigenvalue weighted by Gasteiger charge is 2.09. The molecule has 0 aromatic carbocycles. The van der Waals surface area contributed by atoms with Gasteiger partial charge in [-0.2, -0.15) is 0 Å². The van der Waals surface area contributed by atoms with Gasteiger partial charge in [0.1, 0.15) is 6.61 Å². The third-order valence-corrected chi connectivity index (χ3v) is 2.58. The van der Waals surface area contributed by atoms with Gasteiger partial charge in [-0.15, -0.1) is 0 Å². The Hall–Kier alpha value is -2.65. The Bertz CT molecular complexity index is 626. The van der Waals surface area contributed by atoms with Crippen LogP contribution in [-0.4, -0.2) is 38.7 Å². The zero-order valence-electron chi connectivity index (χ0n) is 10.8. The first kappa shape index (κ1) is 13.8. The average Bonchev–Trinajstić information content (AvgIpc) is 2.98. The SMILES string of the molecule is O=C(NCCn1ccnc1)c1ccncc1C#CCO. The van der Waals surface area contributed by atoms with Crippen molar-refractivity contribution in [3.63, 3.8) is 0 Å². The van der Waals surface area contributed by atoms with Crippen LogP contribution in [-0.2, 0) is 6.54 Å². The van der Waals surface area contributed by atoms with Crippen LogP contribution in [0.15, 0.2) is 37.2 Å². The fraction of sp³-hybridized carbons (Fsp3) is 0.214. The van der Waals surface area contributed by atoms with Gasteiger partial charge in [-0.3, -0.25) is 9.78 Å². The lowest BCUT2D eigenvalue weighted by Crippen LogP contribution is -2.27. The smallest absolute Gasteiger partial charge is 0.252 e. The molecule has 102 valence electrons. The quantitative estimate of drug-likeness (QED) is 0.769. The van der Waals surface area contributed by atoms with Crippen molar-refractivity contribution < 1.29 is 9.90 Å². The van der Waals surface area contributed by atoms with Crippen molar-refractivity contribution in [2.45, 2.75) is 6.54 Å². The maximum absolute atomic E-state index is 12.1. The van der Waals surface area contributed by atoms with E-state index in [0.29, 0.717) is 24.2 Å². The minimum atomic E-state index is -0.253. The van der Waals surface area contributed by atoms with E-state index in [0.717, 1.165) is 0 Å². The number of hydrogen-bond donors (Lipinski definition) is 2. The third kappa shape index (κ3) is 3.67. The number of carbonyl (C=O) groups excluding carboxylic acids is 1. The van der Waals surface area contributed by atoms with E-state index in [2.05, 4.69) is 27.1 Å². The number of aliphatic hydroxyl groups is 1. The summed E-state index contributed by atoms with van der Waals surface area (Å²) in [5.41, 5.74) is 0.952. The molecular formula is C14H14N4O2. The Balaban J connectivity index is 1.98. The summed E-state index contributed by atoms with van der Waals surface area (Å²) in [6, 6.07) is 1.61. The van der Waals surface area contributed by atoms with Crippen LogP contribution in [0.2, 0.25) is 0 Å². The van der Waals surface area contributed by atoms with E-state index in [1.165, 1.54) is 12.4 Å². The van der Waals surface area contributed by atoms with Crippen molar-refractivity contribution in [3.05, 3.63) is 48.3 Å². The maximum atomic E-state index is 12.1. The molecule has 0 bridgehead atoms. The molecule has 20 heavy (non-hydrogen) atoms. The van der Waals surface area contributed by atoms with Gasteiger partial charge in [0, 0.05) is 37.9 Å². The van der Waals surface area contributed by atoms with E-state index < -0.39 is 0 Å². The van der Waals surface area contributed by atoms with Gasteiger partial charge in [0.25, 0.3) is 5.91 Å². The number of aliphatic hydroxyl groups excluding tert-OH is 1. The van der Waals surface area contributed by atoms with Gasteiger partial charge >= 0.3 is 0 Å². The second-order valence-corrected chi connectivity index (χ2v) is 3.94. The number of nitrogens with zero attached hydrogens (tertiary/aromatic N) is 3. The Morgan fingerprint density at radius 3 is 3.05 bits per heavy atom. The van der Waals surface area contributed by atoms with Gasteiger partial charge in [-0.1, -0.05) is 11.8 Å². The highest BCUT2D eigenvalue weighted by Crippen LogP contribution is 2.05. The van der Waals surface area contributed by atoms with Crippen LogP contribution in [0.3, 0.4) is 0 Å². The first-order chi connectivity index (χ1) is 9.81. The highest BCUT2D eigenvalue weighted by molar-refractivity contribution is 5.96. The van der Waals surface area contributed by atoms with Gasteiger partial charge in [0.15, 0.2) is 0 Å². The summed E-state index contributed by atoms with van der Waals surface area (Å²) in [7, 11) is 0. The molecule has 0 fully saturated rings. The Morgan fingerprint density at radius 1 is 1.40 bits per heavy atom. The molecule has 2 rings (SSSR count). The van der Waals surface area contributed by atoms with Crippen molar-refractivity contribution in [1.29, 1.82) is 0 Å². The Kier molecular flexibility index (Phi) is 4.87. The molecule has 0 saturated carbocycles. The lowest BCUT2D eigenvalue weighted by molar-refractivity contribution is 0.0952. The van der Waals surface area contributed by atoms with Crippen LogP contribution < -0.4 is 5.32 Å². The minimum absolute atomic E-state index is 0.213. The predicted octanol–water partition coefficient (Wildman–Crippen LogP) is 0.0519. The van der Waals surface area contributed by atoms with Crippen molar-refractivity contribution in [3.8, 4) is 11.8 Å². The zero-order chi connectivity index (χ0) is 14.2. The van der Waals surface area contributed by atoms with E-state index in [-0.39, 0.29) is 12.5 Å². The molecule has 0 spiro atoms. The molecule has 6 heteroatoms. The fourth-order valence-corrected chi connectivity index (χ4v) is 1.64. The monoisotopic (exact) mass is 270 g/mol. The van der Waals surface area contributed by atoms with Crippen molar-refractivity contribution in [2.75, 3.05) is 13.2 Å². The average molecular weight is 270 g/mol. The molecule has 0 aliphatic rings. The van der Waals surface area contributed by atoms with Crippen molar-refractivity contribution in [1.82, 2.24) is 19.9 Å². The van der Waals surface area contributed by atoms with Crippen LogP contribution in [0.5, 0.6) is 0 Å². The minimum Gasteiger partial charge on any atom is -0.384 e. The molecule has 0 unspecified atom stereocenters. The largest absolute Gasteiger partial charge is 0.384 e. The lowest BCUT2D eigenvalue weighted by atomic mass is 10.1. The van der Waals surface area contributed by atoms with Gasteiger partial charge in [0.05, 0.1) is 17.5 Å². The summed E-state index contributed by atoms with van der Waals surface area (Å²) >= 11 is 0. The summed E-state index contributed by atoms with van der Waals surface area (Å²) in [5.74, 6) is 5.01. The molecule has 2 N–H and O–H groups in total. The number of hydrogen-bond acceptors (Lipinski definition) is 4. The van der Waals surface area contributed by atoms with Gasteiger partial charge in [-0.25, -0.2) is 4.98 Å². The fourth-order valence-electron chi connectivity index (χ4n) is 1.64. The number of aromatic nitrogens is 3. The van der Waals surface area contributed by atoms with E-state index in [1.54, 1.807) is 18.6 Å². The molecule has 0 radical (unpaired) electrons. The Labute approximate surface area is 116 Å². The third-order valence-electron chi connectivity index (χ3n) is 2.58. The first-order valence-corrected chi connectivity index (χ1v) is 6.09. The zero-order valence-corrected chi connectivity index (χ0v) is 10.8. The molecule has 2 aromatic heterocycles. The van der Waals surface area contributed by atoms with Crippen LogP contribution in [0, 0.1) is 11.8 Å². The number of pyridine rings is 1. The summed E-state index contributed by atoms with van der Waals surface area (Å²) in [4.78, 5) is 19.9. The van der Waals surface area contributed by atoms with Crippen LogP contribution >= 0.6 is 0 Å². The number of rotatable bonds is 4. The van der Waals surface area contributed by atoms with Crippen molar-refractivity contribution >= 4 is 5.91 Å². The van der Waals surface area contributed by atoms with Gasteiger partial charge < -0.3 is 15.0 Å². The second-order valence-electron chi connectivity index (χ2n) is 3.94. The number of carbonyl (C=O) groups is 1. The second kappa shape index (κ2) is 7.07. The summed E-state index contributed by atoms with van der Waals surface area (Å²) in [5, 5.41) is 11.5. The molecular weight excluding hydrogens is 256 g/mol. The van der Waals surface area contributed by atoms with Crippen LogP contribution in [0.25, 0.3) is 0 Å².